The summed E-state index contributed by atoms with van der Waals surface area (Å²) in [5.74, 6) is -1.75. The van der Waals surface area contributed by atoms with E-state index in [0.717, 1.165) is 15.5 Å². The van der Waals surface area contributed by atoms with Crippen molar-refractivity contribution in [1.29, 1.82) is 0 Å². The fourth-order valence-corrected chi connectivity index (χ4v) is 4.12. The highest BCUT2D eigenvalue weighted by Gasteiger charge is 2.50. The molecule has 2 aromatic heterocycles. The van der Waals surface area contributed by atoms with Crippen molar-refractivity contribution in [2.45, 2.75) is 18.5 Å². The summed E-state index contributed by atoms with van der Waals surface area (Å²) in [7, 11) is -5.61. The van der Waals surface area contributed by atoms with Gasteiger partial charge in [0.2, 0.25) is 0 Å². The lowest BCUT2D eigenvalue weighted by molar-refractivity contribution is -0.0471. The number of hydrogen-bond acceptors (Lipinski definition) is 7. The van der Waals surface area contributed by atoms with Gasteiger partial charge in [-0.3, -0.25) is 19.2 Å². The van der Waals surface area contributed by atoms with Crippen LogP contribution >= 0.6 is 0 Å². The molecule has 0 atom stereocenters. The number of anilines is 1. The van der Waals surface area contributed by atoms with Crippen LogP contribution in [-0.4, -0.2) is 57.9 Å². The SMILES string of the molecule is O=C(NCc1ccc(N2CCN(S(=O)(=O)C(F)(F)F)C=N2)c(F)c1)c1c(C(F)F)nc2cnccn12. The molecule has 192 valence electrons. The zero-order chi connectivity index (χ0) is 26.3. The van der Waals surface area contributed by atoms with Crippen LogP contribution in [0.3, 0.4) is 0 Å². The van der Waals surface area contributed by atoms with Crippen molar-refractivity contribution >= 4 is 33.6 Å². The monoisotopic (exact) mass is 535 g/mol. The average Bonchev–Trinajstić information content (AvgIpc) is 3.22. The minimum absolute atomic E-state index is 0.00911. The highest BCUT2D eigenvalue weighted by atomic mass is 32.2. The summed E-state index contributed by atoms with van der Waals surface area (Å²) in [5.41, 5.74) is -6.53. The van der Waals surface area contributed by atoms with Gasteiger partial charge in [-0.05, 0) is 17.7 Å². The molecule has 0 fully saturated rings. The zero-order valence-electron chi connectivity index (χ0n) is 17.8. The van der Waals surface area contributed by atoms with Crippen LogP contribution < -0.4 is 10.3 Å². The number of carbonyl (C=O) groups is 1. The number of hydrazone groups is 1. The molecule has 0 aliphatic carbocycles. The fraction of sp³-hybridized carbons (Fsp3) is 0.263. The molecule has 1 N–H and O–H groups in total. The molecule has 17 heteroatoms. The molecule has 3 heterocycles. The number of hydrogen-bond donors (Lipinski definition) is 1. The number of carbonyl (C=O) groups excluding carboxylic acids is 1. The lowest BCUT2D eigenvalue weighted by atomic mass is 10.2. The normalized spacial score (nSPS) is 14.6. The first-order valence-corrected chi connectivity index (χ1v) is 11.4. The number of amides is 1. The van der Waals surface area contributed by atoms with Crippen molar-refractivity contribution in [2.24, 2.45) is 5.10 Å². The molecule has 1 aliphatic rings. The maximum absolute atomic E-state index is 14.7. The Morgan fingerprint density at radius 2 is 1.94 bits per heavy atom. The predicted octanol–water partition coefficient (Wildman–Crippen LogP) is 2.65. The Labute approximate surface area is 198 Å². The molecule has 0 saturated carbocycles. The smallest absolute Gasteiger partial charge is 0.347 e. The van der Waals surface area contributed by atoms with E-state index in [1.54, 1.807) is 0 Å². The lowest BCUT2D eigenvalue weighted by Gasteiger charge is -2.29. The third-order valence-corrected chi connectivity index (χ3v) is 6.55. The van der Waals surface area contributed by atoms with E-state index in [2.05, 4.69) is 20.4 Å². The van der Waals surface area contributed by atoms with Crippen LogP contribution in [0.1, 0.15) is 28.2 Å². The molecule has 4 rings (SSSR count). The van der Waals surface area contributed by atoms with Crippen molar-refractivity contribution < 1.29 is 39.6 Å². The molecule has 0 bridgehead atoms. The Hall–Kier alpha value is -3.89. The summed E-state index contributed by atoms with van der Waals surface area (Å²) >= 11 is 0. The van der Waals surface area contributed by atoms with Crippen molar-refractivity contribution in [3.8, 4) is 0 Å². The van der Waals surface area contributed by atoms with Gasteiger partial charge in [-0.15, -0.1) is 0 Å². The third kappa shape index (κ3) is 4.65. The summed E-state index contributed by atoms with van der Waals surface area (Å²) in [6.07, 6.45) is 1.19. The van der Waals surface area contributed by atoms with E-state index in [0.29, 0.717) is 6.34 Å². The molecule has 0 saturated heterocycles. The zero-order valence-corrected chi connectivity index (χ0v) is 18.6. The first kappa shape index (κ1) is 25.2. The van der Waals surface area contributed by atoms with Crippen molar-refractivity contribution in [3.63, 3.8) is 0 Å². The van der Waals surface area contributed by atoms with Crippen LogP contribution in [0.25, 0.3) is 5.65 Å². The highest BCUT2D eigenvalue weighted by molar-refractivity contribution is 7.90. The topological polar surface area (TPSA) is 112 Å². The van der Waals surface area contributed by atoms with E-state index in [4.69, 9.17) is 0 Å². The molecule has 1 amide bonds. The van der Waals surface area contributed by atoms with E-state index in [1.165, 1.54) is 30.7 Å². The number of halogens is 6. The van der Waals surface area contributed by atoms with Crippen molar-refractivity contribution in [2.75, 3.05) is 18.1 Å². The molecule has 0 radical (unpaired) electrons. The summed E-state index contributed by atoms with van der Waals surface area (Å²) < 4.78 is 103. The standard InChI is InChI=1S/C19H15F6N7O3S/c20-12-7-11(1-2-13(12)32-6-5-30(10-28-32)36(34,35)19(23,24)25)8-27-18(33)16-15(17(21)22)29-14-9-26-3-4-31(14)16/h1-4,7,9-10,17H,5-6,8H2,(H,27,33). The van der Waals surface area contributed by atoms with Crippen LogP contribution in [0.15, 0.2) is 41.9 Å². The number of imidazole rings is 1. The van der Waals surface area contributed by atoms with E-state index in [1.807, 2.05) is 0 Å². The van der Waals surface area contributed by atoms with E-state index in [-0.39, 0.29) is 34.3 Å². The lowest BCUT2D eigenvalue weighted by Crippen LogP contribution is -2.46. The number of fused-ring (bicyclic) bond motifs is 1. The van der Waals surface area contributed by atoms with Crippen molar-refractivity contribution in [1.82, 2.24) is 24.0 Å². The Bertz CT molecular complexity index is 1440. The maximum Gasteiger partial charge on any atom is 0.516 e. The average molecular weight is 535 g/mol. The van der Waals surface area contributed by atoms with Gasteiger partial charge in [0, 0.05) is 18.9 Å². The second kappa shape index (κ2) is 9.29. The van der Waals surface area contributed by atoms with Gasteiger partial charge in [-0.2, -0.15) is 26.7 Å². The van der Waals surface area contributed by atoms with Gasteiger partial charge in [-0.25, -0.2) is 22.5 Å². The first-order chi connectivity index (χ1) is 16.9. The Morgan fingerprint density at radius 1 is 1.19 bits per heavy atom. The van der Waals surface area contributed by atoms with E-state index < -0.39 is 51.6 Å². The van der Waals surface area contributed by atoms with Gasteiger partial charge in [-0.1, -0.05) is 6.07 Å². The number of nitrogens with zero attached hydrogens (tertiary/aromatic N) is 6. The van der Waals surface area contributed by atoms with Gasteiger partial charge >= 0.3 is 15.5 Å². The summed E-state index contributed by atoms with van der Waals surface area (Å²) in [5, 5.41) is 6.96. The largest absolute Gasteiger partial charge is 0.516 e. The second-order valence-corrected chi connectivity index (χ2v) is 9.22. The first-order valence-electron chi connectivity index (χ1n) is 9.96. The van der Waals surface area contributed by atoms with Gasteiger partial charge in [0.1, 0.15) is 23.5 Å². The minimum atomic E-state index is -5.61. The third-order valence-electron chi connectivity index (χ3n) is 5.08. The highest BCUT2D eigenvalue weighted by Crippen LogP contribution is 2.28. The minimum Gasteiger partial charge on any atom is -0.347 e. The van der Waals surface area contributed by atoms with Crippen LogP contribution in [0.4, 0.5) is 32.0 Å². The van der Waals surface area contributed by atoms with Crippen molar-refractivity contribution in [3.05, 3.63) is 59.6 Å². The fourth-order valence-electron chi connectivity index (χ4n) is 3.37. The van der Waals surface area contributed by atoms with Gasteiger partial charge in [0.15, 0.2) is 5.65 Å². The van der Waals surface area contributed by atoms with Crippen LogP contribution in [0.5, 0.6) is 0 Å². The molecular weight excluding hydrogens is 520 g/mol. The summed E-state index contributed by atoms with van der Waals surface area (Å²) in [6, 6.07) is 3.61. The van der Waals surface area contributed by atoms with Crippen LogP contribution in [0.2, 0.25) is 0 Å². The van der Waals surface area contributed by atoms with E-state index in [9.17, 15) is 39.6 Å². The molecule has 36 heavy (non-hydrogen) atoms. The summed E-state index contributed by atoms with van der Waals surface area (Å²) in [4.78, 5) is 20.1. The molecule has 1 aromatic carbocycles. The quantitative estimate of drug-likeness (QED) is 0.486. The Morgan fingerprint density at radius 3 is 2.56 bits per heavy atom. The molecule has 0 unspecified atom stereocenters. The predicted molar refractivity (Wildman–Crippen MR) is 113 cm³/mol. The molecule has 0 spiro atoms. The number of sulfonamides is 1. The maximum atomic E-state index is 14.7. The summed E-state index contributed by atoms with van der Waals surface area (Å²) in [6.45, 7) is -1.24. The number of nitrogens with one attached hydrogen (secondary N) is 1. The van der Waals surface area contributed by atoms with Gasteiger partial charge in [0.25, 0.3) is 12.3 Å². The van der Waals surface area contributed by atoms with Gasteiger partial charge in [0.05, 0.1) is 25.0 Å². The number of benzene rings is 1. The number of alkyl halides is 5. The molecule has 3 aromatic rings. The Balaban J connectivity index is 1.47. The Kier molecular flexibility index (Phi) is 6.50. The molecular formula is C19H15F6N7O3S. The second-order valence-electron chi connectivity index (χ2n) is 7.33. The number of rotatable bonds is 6. The molecule has 10 nitrogen and oxygen atoms in total. The molecule has 1 aliphatic heterocycles. The van der Waals surface area contributed by atoms with E-state index >= 15 is 0 Å². The van der Waals surface area contributed by atoms with Gasteiger partial charge < -0.3 is 5.32 Å². The number of aromatic nitrogens is 3. The van der Waals surface area contributed by atoms with Crippen LogP contribution in [0, 0.1) is 5.82 Å². The van der Waals surface area contributed by atoms with Crippen LogP contribution in [-0.2, 0) is 16.6 Å².